The third-order valence-electron chi connectivity index (χ3n) is 5.42. The molecule has 37 heavy (non-hydrogen) atoms. The molecule has 2 heterocycles. The summed E-state index contributed by atoms with van der Waals surface area (Å²) in [6, 6.07) is 24.3. The molecule has 5 rings (SSSR count). The minimum Gasteiger partial charge on any atom is -0.424 e. The Morgan fingerprint density at radius 1 is 0.946 bits per heavy atom. The van der Waals surface area contributed by atoms with E-state index in [9.17, 15) is 4.79 Å². The highest BCUT2D eigenvalue weighted by molar-refractivity contribution is 5.82. The van der Waals surface area contributed by atoms with E-state index in [1.165, 1.54) is 6.07 Å². The van der Waals surface area contributed by atoms with Crippen molar-refractivity contribution in [2.24, 2.45) is 4.99 Å². The molecule has 0 unspecified atom stereocenters. The Balaban J connectivity index is 1.37. The number of hydrogen-bond donors (Lipinski definition) is 1. The lowest BCUT2D eigenvalue weighted by Gasteiger charge is -2.14. The Labute approximate surface area is 213 Å². The fourth-order valence-corrected chi connectivity index (χ4v) is 3.57. The van der Waals surface area contributed by atoms with E-state index >= 15 is 0 Å². The zero-order valence-electron chi connectivity index (χ0n) is 20.5. The van der Waals surface area contributed by atoms with Crippen molar-refractivity contribution in [3.8, 4) is 11.8 Å². The number of aliphatic imine (C=N–C) groups is 1. The van der Waals surface area contributed by atoms with E-state index in [1.54, 1.807) is 17.0 Å². The van der Waals surface area contributed by atoms with E-state index in [0.29, 0.717) is 23.2 Å². The molecule has 0 aliphatic rings. The summed E-state index contributed by atoms with van der Waals surface area (Å²) in [5, 5.41) is 4.02. The van der Waals surface area contributed by atoms with Crippen molar-refractivity contribution in [3.05, 3.63) is 100 Å². The number of aromatic nitrogens is 3. The molecule has 0 atom stereocenters. The van der Waals surface area contributed by atoms with E-state index in [0.717, 1.165) is 27.9 Å². The fraction of sp³-hybridized carbons (Fsp3) is 0.107. The Hall–Kier alpha value is -5.05. The predicted molar refractivity (Wildman–Crippen MR) is 145 cm³/mol. The highest BCUT2D eigenvalue weighted by Gasteiger charge is 2.12. The molecule has 184 valence electrons. The number of aryl methyl sites for hydroxylation is 1. The van der Waals surface area contributed by atoms with E-state index in [-0.39, 0.29) is 6.01 Å². The maximum atomic E-state index is 11.8. The average molecular weight is 493 g/mol. The van der Waals surface area contributed by atoms with E-state index < -0.39 is 5.63 Å². The van der Waals surface area contributed by atoms with Crippen LogP contribution in [0.15, 0.2) is 93.1 Å². The first kappa shape index (κ1) is 23.7. The second-order valence-electron chi connectivity index (χ2n) is 8.49. The summed E-state index contributed by atoms with van der Waals surface area (Å²) < 4.78 is 11.2. The van der Waals surface area contributed by atoms with Crippen molar-refractivity contribution in [2.45, 2.75) is 6.92 Å². The van der Waals surface area contributed by atoms with Gasteiger partial charge in [0.25, 0.3) is 0 Å². The minimum absolute atomic E-state index is 0.0969. The van der Waals surface area contributed by atoms with Gasteiger partial charge in [-0.2, -0.15) is 15.0 Å². The summed E-state index contributed by atoms with van der Waals surface area (Å²) in [5.74, 6) is 1.17. The van der Waals surface area contributed by atoms with Crippen LogP contribution in [0.1, 0.15) is 11.1 Å². The topological polar surface area (TPSA) is 106 Å². The molecule has 0 saturated heterocycles. The number of ether oxygens (including phenoxy) is 1. The molecule has 3 aromatic carbocycles. The van der Waals surface area contributed by atoms with Gasteiger partial charge in [0.15, 0.2) is 0 Å². The minimum atomic E-state index is -0.416. The van der Waals surface area contributed by atoms with Crippen molar-refractivity contribution in [1.82, 2.24) is 15.0 Å². The van der Waals surface area contributed by atoms with Gasteiger partial charge in [-0.15, -0.1) is 0 Å². The van der Waals surface area contributed by atoms with Crippen molar-refractivity contribution >= 4 is 40.5 Å². The van der Waals surface area contributed by atoms with Crippen LogP contribution < -0.4 is 20.6 Å². The molecule has 0 aliphatic heterocycles. The van der Waals surface area contributed by atoms with Crippen LogP contribution in [0.3, 0.4) is 0 Å². The van der Waals surface area contributed by atoms with Crippen LogP contribution in [0, 0.1) is 6.92 Å². The highest BCUT2D eigenvalue weighted by atomic mass is 16.5. The SMILES string of the molecule is Cc1cc(=O)oc2cc(Oc3nc(Nc4ccc(N=Cc5ccccc5)cc4)nc(N(C)C)n3)ccc12. The summed E-state index contributed by atoms with van der Waals surface area (Å²) in [7, 11) is 3.66. The van der Waals surface area contributed by atoms with Crippen molar-refractivity contribution < 1.29 is 9.15 Å². The molecular formula is C28H24N6O3. The third-order valence-corrected chi connectivity index (χ3v) is 5.42. The molecule has 0 bridgehead atoms. The molecule has 0 amide bonds. The highest BCUT2D eigenvalue weighted by Crippen LogP contribution is 2.27. The monoisotopic (exact) mass is 492 g/mol. The molecule has 0 radical (unpaired) electrons. The number of benzene rings is 3. The van der Waals surface area contributed by atoms with E-state index in [2.05, 4.69) is 25.3 Å². The van der Waals surface area contributed by atoms with Crippen LogP contribution in [0.25, 0.3) is 11.0 Å². The Kier molecular flexibility index (Phi) is 6.58. The van der Waals surface area contributed by atoms with Crippen LogP contribution in [0.4, 0.5) is 23.3 Å². The molecule has 5 aromatic rings. The number of nitrogens with one attached hydrogen (secondary N) is 1. The van der Waals surface area contributed by atoms with Gasteiger partial charge in [-0.25, -0.2) is 4.79 Å². The first-order chi connectivity index (χ1) is 17.9. The summed E-state index contributed by atoms with van der Waals surface area (Å²) in [6.07, 6.45) is 1.82. The lowest BCUT2D eigenvalue weighted by Crippen LogP contribution is -2.15. The van der Waals surface area contributed by atoms with Crippen molar-refractivity contribution in [1.29, 1.82) is 0 Å². The first-order valence-electron chi connectivity index (χ1n) is 11.5. The van der Waals surface area contributed by atoms with Gasteiger partial charge in [0.05, 0.1) is 5.69 Å². The van der Waals surface area contributed by atoms with Crippen LogP contribution in [-0.4, -0.2) is 35.3 Å². The number of nitrogens with zero attached hydrogens (tertiary/aromatic N) is 5. The Morgan fingerprint density at radius 3 is 2.49 bits per heavy atom. The zero-order chi connectivity index (χ0) is 25.8. The Morgan fingerprint density at radius 2 is 1.73 bits per heavy atom. The second kappa shape index (κ2) is 10.3. The van der Waals surface area contributed by atoms with Gasteiger partial charge in [-0.1, -0.05) is 30.3 Å². The number of fused-ring (bicyclic) bond motifs is 1. The van der Waals surface area contributed by atoms with E-state index in [4.69, 9.17) is 9.15 Å². The molecule has 2 aromatic heterocycles. The smallest absolute Gasteiger partial charge is 0.336 e. The number of anilines is 3. The molecule has 0 fully saturated rings. The molecular weight excluding hydrogens is 468 g/mol. The maximum Gasteiger partial charge on any atom is 0.336 e. The quantitative estimate of drug-likeness (QED) is 0.230. The maximum absolute atomic E-state index is 11.8. The zero-order valence-corrected chi connectivity index (χ0v) is 20.5. The van der Waals surface area contributed by atoms with Crippen LogP contribution in [-0.2, 0) is 0 Å². The lowest BCUT2D eigenvalue weighted by molar-refractivity contribution is 0.439. The van der Waals surface area contributed by atoms with Gasteiger partial charge in [-0.05, 0) is 54.4 Å². The predicted octanol–water partition coefficient (Wildman–Crippen LogP) is 5.64. The van der Waals surface area contributed by atoms with Gasteiger partial charge in [0.1, 0.15) is 11.3 Å². The van der Waals surface area contributed by atoms with Crippen LogP contribution >= 0.6 is 0 Å². The standard InChI is InChI=1S/C28H24N6O3/c1-18-15-25(35)37-24-16-22(13-14-23(18)24)36-28-32-26(31-27(33-28)34(2)3)30-21-11-9-20(10-12-21)29-17-19-7-5-4-6-8-19/h4-17H,1-3H3,(H,30,31,32,33). The number of rotatable bonds is 7. The van der Waals surface area contributed by atoms with Crippen LogP contribution in [0.2, 0.25) is 0 Å². The summed E-state index contributed by atoms with van der Waals surface area (Å²) >= 11 is 0. The summed E-state index contributed by atoms with van der Waals surface area (Å²) in [4.78, 5) is 31.3. The lowest BCUT2D eigenvalue weighted by atomic mass is 10.1. The molecule has 0 aliphatic carbocycles. The van der Waals surface area contributed by atoms with Gasteiger partial charge >= 0.3 is 11.6 Å². The van der Waals surface area contributed by atoms with E-state index in [1.807, 2.05) is 87.9 Å². The van der Waals surface area contributed by atoms with Gasteiger partial charge in [-0.3, -0.25) is 4.99 Å². The number of hydrogen-bond acceptors (Lipinski definition) is 9. The van der Waals surface area contributed by atoms with Gasteiger partial charge in [0, 0.05) is 43.5 Å². The normalized spacial score (nSPS) is 11.1. The average Bonchev–Trinajstić information content (AvgIpc) is 2.88. The fourth-order valence-electron chi connectivity index (χ4n) is 3.57. The summed E-state index contributed by atoms with van der Waals surface area (Å²) in [5.41, 5.74) is 3.47. The van der Waals surface area contributed by atoms with Crippen LogP contribution in [0.5, 0.6) is 11.8 Å². The molecule has 1 N–H and O–H groups in total. The molecule has 0 spiro atoms. The largest absolute Gasteiger partial charge is 0.424 e. The first-order valence-corrected chi connectivity index (χ1v) is 11.5. The molecule has 0 saturated carbocycles. The van der Waals surface area contributed by atoms with Crippen molar-refractivity contribution in [2.75, 3.05) is 24.3 Å². The van der Waals surface area contributed by atoms with Crippen molar-refractivity contribution in [3.63, 3.8) is 0 Å². The second-order valence-corrected chi connectivity index (χ2v) is 8.49. The third kappa shape index (κ3) is 5.79. The molecule has 9 heteroatoms. The van der Waals surface area contributed by atoms with Gasteiger partial charge in [0.2, 0.25) is 11.9 Å². The summed E-state index contributed by atoms with van der Waals surface area (Å²) in [6.45, 7) is 1.86. The van der Waals surface area contributed by atoms with Gasteiger partial charge < -0.3 is 19.4 Å². The Bertz CT molecular complexity index is 1630. The molecule has 9 nitrogen and oxygen atoms in total.